The van der Waals surface area contributed by atoms with Gasteiger partial charge in [0.25, 0.3) is 5.91 Å². The van der Waals surface area contributed by atoms with Gasteiger partial charge in [0.05, 0.1) is 12.6 Å². The van der Waals surface area contributed by atoms with Crippen molar-refractivity contribution in [1.82, 2.24) is 4.90 Å². The maximum Gasteiger partial charge on any atom is 0.260 e. The molecule has 0 unspecified atom stereocenters. The topological polar surface area (TPSA) is 40.5 Å². The van der Waals surface area contributed by atoms with Crippen LogP contribution in [0.3, 0.4) is 0 Å². The molecule has 0 aromatic heterocycles. The first-order valence-electron chi connectivity index (χ1n) is 5.92. The largest absolute Gasteiger partial charge is 0.394 e. The van der Waals surface area contributed by atoms with Crippen molar-refractivity contribution in [2.75, 3.05) is 13.2 Å². The van der Waals surface area contributed by atoms with E-state index < -0.39 is 23.1 Å². The molecule has 1 aliphatic heterocycles. The van der Waals surface area contributed by atoms with Gasteiger partial charge in [-0.25, -0.2) is 8.78 Å². The van der Waals surface area contributed by atoms with Gasteiger partial charge < -0.3 is 10.0 Å². The van der Waals surface area contributed by atoms with E-state index in [0.29, 0.717) is 13.0 Å². The molecule has 1 atom stereocenters. The van der Waals surface area contributed by atoms with Gasteiger partial charge in [0.2, 0.25) is 0 Å². The zero-order valence-corrected chi connectivity index (χ0v) is 10.1. The Hall–Kier alpha value is -1.49. The number of halogens is 2. The quantitative estimate of drug-likeness (QED) is 0.876. The predicted molar refractivity (Wildman–Crippen MR) is 62.2 cm³/mol. The third-order valence-electron chi connectivity index (χ3n) is 3.35. The van der Waals surface area contributed by atoms with E-state index in [1.54, 1.807) is 0 Å². The highest BCUT2D eigenvalue weighted by Crippen LogP contribution is 2.23. The van der Waals surface area contributed by atoms with Gasteiger partial charge >= 0.3 is 0 Å². The maximum atomic E-state index is 13.8. The number of aliphatic hydroxyl groups is 1. The summed E-state index contributed by atoms with van der Waals surface area (Å²) in [5.41, 5.74) is -0.283. The first-order chi connectivity index (χ1) is 8.56. The third-order valence-corrected chi connectivity index (χ3v) is 3.35. The van der Waals surface area contributed by atoms with Crippen LogP contribution in [0.4, 0.5) is 8.78 Å². The van der Waals surface area contributed by atoms with Crippen molar-refractivity contribution in [2.24, 2.45) is 0 Å². The van der Waals surface area contributed by atoms with Gasteiger partial charge in [-0.15, -0.1) is 0 Å². The molecule has 18 heavy (non-hydrogen) atoms. The van der Waals surface area contributed by atoms with E-state index in [0.717, 1.165) is 12.5 Å². The molecule has 1 aromatic carbocycles. The van der Waals surface area contributed by atoms with Gasteiger partial charge in [0, 0.05) is 6.54 Å². The number of amides is 1. The molecule has 0 bridgehead atoms. The second-order valence-corrected chi connectivity index (χ2v) is 4.53. The van der Waals surface area contributed by atoms with Crippen LogP contribution in [-0.2, 0) is 0 Å². The lowest BCUT2D eigenvalue weighted by Gasteiger charge is -2.23. The molecule has 1 aromatic rings. The number of aryl methyl sites for hydroxylation is 1. The number of benzene rings is 1. The van der Waals surface area contributed by atoms with Crippen molar-refractivity contribution in [1.29, 1.82) is 0 Å². The number of rotatable bonds is 2. The summed E-state index contributed by atoms with van der Waals surface area (Å²) in [6.45, 7) is 1.73. The fraction of sp³-hybridized carbons (Fsp3) is 0.462. The Balaban J connectivity index is 2.37. The van der Waals surface area contributed by atoms with E-state index in [1.807, 2.05) is 0 Å². The van der Waals surface area contributed by atoms with Crippen molar-refractivity contribution in [2.45, 2.75) is 25.8 Å². The van der Waals surface area contributed by atoms with Crippen LogP contribution in [-0.4, -0.2) is 35.1 Å². The molecule has 0 spiro atoms. The fourth-order valence-corrected chi connectivity index (χ4v) is 2.29. The summed E-state index contributed by atoms with van der Waals surface area (Å²) in [5, 5.41) is 9.14. The second kappa shape index (κ2) is 5.02. The molecule has 1 fully saturated rings. The molecule has 0 saturated carbocycles. The summed E-state index contributed by atoms with van der Waals surface area (Å²) in [4.78, 5) is 13.5. The van der Waals surface area contributed by atoms with E-state index >= 15 is 0 Å². The number of likely N-dealkylation sites (tertiary alicyclic amines) is 1. The molecule has 3 nitrogen and oxygen atoms in total. The average Bonchev–Trinajstić information content (AvgIpc) is 2.82. The van der Waals surface area contributed by atoms with Crippen LogP contribution in [0.2, 0.25) is 0 Å². The van der Waals surface area contributed by atoms with Crippen LogP contribution >= 0.6 is 0 Å². The Labute approximate surface area is 104 Å². The first kappa shape index (κ1) is 13.0. The number of hydrogen-bond donors (Lipinski definition) is 1. The summed E-state index contributed by atoms with van der Waals surface area (Å²) in [6, 6.07) is 2.06. The highest BCUT2D eigenvalue weighted by atomic mass is 19.1. The SMILES string of the molecule is Cc1ccc(F)c(C(=O)N2CCC[C@H]2CO)c1F. The summed E-state index contributed by atoms with van der Waals surface area (Å²) >= 11 is 0. The highest BCUT2D eigenvalue weighted by Gasteiger charge is 2.32. The monoisotopic (exact) mass is 255 g/mol. The Morgan fingerprint density at radius 2 is 2.22 bits per heavy atom. The molecular formula is C13H15F2NO2. The van der Waals surface area contributed by atoms with Crippen LogP contribution in [0.1, 0.15) is 28.8 Å². The zero-order chi connectivity index (χ0) is 13.3. The Kier molecular flexibility index (Phi) is 3.61. The molecule has 5 heteroatoms. The molecule has 0 radical (unpaired) electrons. The van der Waals surface area contributed by atoms with E-state index in [4.69, 9.17) is 5.11 Å². The molecule has 1 aliphatic rings. The number of hydrogen-bond acceptors (Lipinski definition) is 2. The normalized spacial score (nSPS) is 19.3. The van der Waals surface area contributed by atoms with Crippen molar-refractivity contribution in [3.05, 3.63) is 34.9 Å². The summed E-state index contributed by atoms with van der Waals surface area (Å²) in [7, 11) is 0. The highest BCUT2D eigenvalue weighted by molar-refractivity contribution is 5.95. The zero-order valence-electron chi connectivity index (χ0n) is 10.1. The molecule has 1 N–H and O–H groups in total. The van der Waals surface area contributed by atoms with Gasteiger partial charge in [0.1, 0.15) is 17.2 Å². The van der Waals surface area contributed by atoms with Crippen LogP contribution in [0.15, 0.2) is 12.1 Å². The number of carbonyl (C=O) groups is 1. The van der Waals surface area contributed by atoms with E-state index in [-0.39, 0.29) is 18.2 Å². The van der Waals surface area contributed by atoms with Crippen molar-refractivity contribution < 1.29 is 18.7 Å². The van der Waals surface area contributed by atoms with Crippen LogP contribution in [0.5, 0.6) is 0 Å². The average molecular weight is 255 g/mol. The van der Waals surface area contributed by atoms with Gasteiger partial charge in [0.15, 0.2) is 0 Å². The molecule has 98 valence electrons. The third kappa shape index (κ3) is 2.10. The van der Waals surface area contributed by atoms with E-state index in [2.05, 4.69) is 0 Å². The van der Waals surface area contributed by atoms with Gasteiger partial charge in [-0.1, -0.05) is 6.07 Å². The number of nitrogens with zero attached hydrogens (tertiary/aromatic N) is 1. The van der Waals surface area contributed by atoms with Gasteiger partial charge in [-0.05, 0) is 31.4 Å². The summed E-state index contributed by atoms with van der Waals surface area (Å²) in [6.07, 6.45) is 1.41. The lowest BCUT2D eigenvalue weighted by molar-refractivity contribution is 0.0667. The standard InChI is InChI=1S/C13H15F2NO2/c1-8-4-5-10(14)11(12(8)15)13(18)16-6-2-3-9(16)7-17/h4-5,9,17H,2-3,6-7H2,1H3/t9-/m0/s1. The van der Waals surface area contributed by atoms with Gasteiger partial charge in [-0.2, -0.15) is 0 Å². The van der Waals surface area contributed by atoms with Crippen molar-refractivity contribution in [3.8, 4) is 0 Å². The first-order valence-corrected chi connectivity index (χ1v) is 5.92. The molecule has 2 rings (SSSR count). The van der Waals surface area contributed by atoms with E-state index in [1.165, 1.54) is 17.9 Å². The van der Waals surface area contributed by atoms with Crippen LogP contribution in [0.25, 0.3) is 0 Å². The summed E-state index contributed by atoms with van der Waals surface area (Å²) < 4.78 is 27.5. The van der Waals surface area contributed by atoms with E-state index in [9.17, 15) is 13.6 Å². The predicted octanol–water partition coefficient (Wildman–Crippen LogP) is 1.87. The molecule has 1 heterocycles. The van der Waals surface area contributed by atoms with Crippen LogP contribution in [0, 0.1) is 18.6 Å². The lowest BCUT2D eigenvalue weighted by atomic mass is 10.1. The maximum absolute atomic E-state index is 13.8. The minimum Gasteiger partial charge on any atom is -0.394 e. The Morgan fingerprint density at radius 3 is 2.89 bits per heavy atom. The molecule has 1 saturated heterocycles. The van der Waals surface area contributed by atoms with Gasteiger partial charge in [-0.3, -0.25) is 4.79 Å². The summed E-state index contributed by atoms with van der Waals surface area (Å²) in [5.74, 6) is -2.35. The molecular weight excluding hydrogens is 240 g/mol. The minimum absolute atomic E-state index is 0.180. The smallest absolute Gasteiger partial charge is 0.260 e. The molecule has 1 amide bonds. The minimum atomic E-state index is -0.855. The second-order valence-electron chi connectivity index (χ2n) is 4.53. The lowest BCUT2D eigenvalue weighted by Crippen LogP contribution is -2.38. The number of carbonyl (C=O) groups excluding carboxylic acids is 1. The Morgan fingerprint density at radius 1 is 1.50 bits per heavy atom. The Bertz CT molecular complexity index is 476. The fourth-order valence-electron chi connectivity index (χ4n) is 2.29. The number of aliphatic hydroxyl groups excluding tert-OH is 1. The van der Waals surface area contributed by atoms with Crippen molar-refractivity contribution in [3.63, 3.8) is 0 Å². The van der Waals surface area contributed by atoms with Crippen molar-refractivity contribution >= 4 is 5.91 Å². The van der Waals surface area contributed by atoms with Crippen LogP contribution < -0.4 is 0 Å². The molecule has 0 aliphatic carbocycles.